The van der Waals surface area contributed by atoms with Crippen molar-refractivity contribution in [3.05, 3.63) is 88.9 Å². The number of ether oxygens (including phenoxy) is 1. The van der Waals surface area contributed by atoms with Gasteiger partial charge >= 0.3 is 0 Å². The molecule has 31 heavy (non-hydrogen) atoms. The third kappa shape index (κ3) is 5.85. The van der Waals surface area contributed by atoms with Crippen LogP contribution >= 0.6 is 11.6 Å². The zero-order valence-corrected chi connectivity index (χ0v) is 18.8. The molecular weight excluding hydrogens is 436 g/mol. The molecule has 0 radical (unpaired) electrons. The van der Waals surface area contributed by atoms with Gasteiger partial charge in [0.25, 0.3) is 0 Å². The summed E-state index contributed by atoms with van der Waals surface area (Å²) in [5, 5.41) is 3.16. The van der Waals surface area contributed by atoms with E-state index in [1.54, 1.807) is 24.3 Å². The summed E-state index contributed by atoms with van der Waals surface area (Å²) in [7, 11) is -2.41. The summed E-state index contributed by atoms with van der Waals surface area (Å²) >= 11 is 5.91. The molecule has 0 spiro atoms. The third-order valence-corrected chi connectivity index (χ3v) is 6.79. The van der Waals surface area contributed by atoms with E-state index in [1.165, 1.54) is 31.4 Å². The average molecular weight is 459 g/mol. The molecule has 0 saturated heterocycles. The van der Waals surface area contributed by atoms with Crippen molar-refractivity contribution in [3.63, 3.8) is 0 Å². The van der Waals surface area contributed by atoms with E-state index in [9.17, 15) is 13.2 Å². The number of benzene rings is 3. The van der Waals surface area contributed by atoms with Crippen LogP contribution in [0, 0.1) is 6.92 Å². The molecule has 3 aromatic carbocycles. The lowest BCUT2D eigenvalue weighted by atomic mass is 10.1. The molecule has 0 heterocycles. The first kappa shape index (κ1) is 22.8. The number of sulfonamides is 1. The Bertz CT molecular complexity index is 1160. The van der Waals surface area contributed by atoms with Gasteiger partial charge in [-0.05, 0) is 54.4 Å². The Morgan fingerprint density at radius 2 is 1.74 bits per heavy atom. The number of carbonyl (C=O) groups excluding carboxylic acids is 1. The van der Waals surface area contributed by atoms with Gasteiger partial charge in [0.1, 0.15) is 5.75 Å². The van der Waals surface area contributed by atoms with Crippen LogP contribution in [0.1, 0.15) is 11.1 Å². The minimum Gasteiger partial charge on any atom is -0.497 e. The number of anilines is 1. The summed E-state index contributed by atoms with van der Waals surface area (Å²) < 4.78 is 33.0. The maximum Gasteiger partial charge on any atom is 0.243 e. The van der Waals surface area contributed by atoms with Gasteiger partial charge in [0.2, 0.25) is 15.9 Å². The fourth-order valence-corrected chi connectivity index (χ4v) is 4.52. The van der Waals surface area contributed by atoms with Crippen molar-refractivity contribution >= 4 is 33.2 Å². The minimum absolute atomic E-state index is 0.0587. The summed E-state index contributed by atoms with van der Waals surface area (Å²) in [4.78, 5) is 12.8. The van der Waals surface area contributed by atoms with Gasteiger partial charge in [-0.15, -0.1) is 0 Å². The molecule has 0 saturated carbocycles. The standard InChI is InChI=1S/C23H23ClN2O4S/c1-17-6-3-4-7-18(17)15-26(31(28,29)22-12-10-19(24)11-13-22)16-23(27)25-20-8-5-9-21(14-20)30-2/h3-14H,15-16H2,1-2H3,(H,25,27). The molecule has 3 rings (SSSR count). The molecule has 1 N–H and O–H groups in total. The number of aryl methyl sites for hydroxylation is 1. The van der Waals surface area contributed by atoms with Gasteiger partial charge in [0, 0.05) is 23.3 Å². The summed E-state index contributed by atoms with van der Waals surface area (Å²) in [6, 6.07) is 20.2. The molecule has 0 aliphatic carbocycles. The quantitative estimate of drug-likeness (QED) is 0.539. The number of nitrogens with zero attached hydrogens (tertiary/aromatic N) is 1. The van der Waals surface area contributed by atoms with Crippen LogP contribution in [-0.2, 0) is 21.4 Å². The summed E-state index contributed by atoms with van der Waals surface area (Å²) in [5.74, 6) is 0.128. The van der Waals surface area contributed by atoms with Gasteiger partial charge < -0.3 is 10.1 Å². The van der Waals surface area contributed by atoms with Gasteiger partial charge in [-0.1, -0.05) is 41.9 Å². The van der Waals surface area contributed by atoms with E-state index in [-0.39, 0.29) is 18.0 Å². The highest BCUT2D eigenvalue weighted by molar-refractivity contribution is 7.89. The molecule has 0 aromatic heterocycles. The lowest BCUT2D eigenvalue weighted by Gasteiger charge is -2.23. The zero-order chi connectivity index (χ0) is 22.4. The molecule has 1 amide bonds. The van der Waals surface area contributed by atoms with Crippen molar-refractivity contribution < 1.29 is 17.9 Å². The fourth-order valence-electron chi connectivity index (χ4n) is 3.02. The Morgan fingerprint density at radius 1 is 1.03 bits per heavy atom. The number of halogens is 1. The number of hydrogen-bond donors (Lipinski definition) is 1. The maximum atomic E-state index is 13.3. The lowest BCUT2D eigenvalue weighted by Crippen LogP contribution is -2.37. The smallest absolute Gasteiger partial charge is 0.243 e. The summed E-state index contributed by atoms with van der Waals surface area (Å²) in [6.45, 7) is 1.61. The highest BCUT2D eigenvalue weighted by Crippen LogP contribution is 2.22. The van der Waals surface area contributed by atoms with E-state index in [0.717, 1.165) is 15.4 Å². The van der Waals surface area contributed by atoms with E-state index in [4.69, 9.17) is 16.3 Å². The second kappa shape index (κ2) is 9.96. The van der Waals surface area contributed by atoms with Gasteiger partial charge in [-0.2, -0.15) is 4.31 Å². The summed E-state index contributed by atoms with van der Waals surface area (Å²) in [6.07, 6.45) is 0. The topological polar surface area (TPSA) is 75.7 Å². The van der Waals surface area contributed by atoms with Crippen molar-refractivity contribution in [2.24, 2.45) is 0 Å². The van der Waals surface area contributed by atoms with Crippen LogP contribution in [0.5, 0.6) is 5.75 Å². The van der Waals surface area contributed by atoms with Gasteiger partial charge in [0.05, 0.1) is 18.6 Å². The Morgan fingerprint density at radius 3 is 2.42 bits per heavy atom. The molecule has 6 nitrogen and oxygen atoms in total. The van der Waals surface area contributed by atoms with Crippen LogP contribution in [0.15, 0.2) is 77.7 Å². The predicted octanol–water partition coefficient (Wildman–Crippen LogP) is 4.49. The molecule has 3 aromatic rings. The SMILES string of the molecule is COc1cccc(NC(=O)CN(Cc2ccccc2C)S(=O)(=O)c2ccc(Cl)cc2)c1. The van der Waals surface area contributed by atoms with Gasteiger partial charge in [0.15, 0.2) is 0 Å². The van der Waals surface area contributed by atoms with Crippen molar-refractivity contribution in [2.75, 3.05) is 19.0 Å². The van der Waals surface area contributed by atoms with Crippen LogP contribution in [0.25, 0.3) is 0 Å². The molecule has 0 atom stereocenters. The van der Waals surface area contributed by atoms with Crippen LogP contribution in [0.2, 0.25) is 5.02 Å². The van der Waals surface area contributed by atoms with E-state index >= 15 is 0 Å². The molecule has 162 valence electrons. The Balaban J connectivity index is 1.88. The second-order valence-corrected chi connectivity index (χ2v) is 9.31. The number of rotatable bonds is 8. The minimum atomic E-state index is -3.94. The summed E-state index contributed by atoms with van der Waals surface area (Å²) in [5.41, 5.74) is 2.27. The maximum absolute atomic E-state index is 13.3. The molecular formula is C23H23ClN2O4S. The van der Waals surface area contributed by atoms with E-state index in [0.29, 0.717) is 16.5 Å². The van der Waals surface area contributed by atoms with Crippen molar-refractivity contribution in [2.45, 2.75) is 18.4 Å². The number of methoxy groups -OCH3 is 1. The number of amides is 1. The van der Waals surface area contributed by atoms with Crippen LogP contribution < -0.4 is 10.1 Å². The molecule has 8 heteroatoms. The molecule has 0 fully saturated rings. The predicted molar refractivity (Wildman–Crippen MR) is 122 cm³/mol. The Labute approximate surface area is 187 Å². The van der Waals surface area contributed by atoms with E-state index in [1.807, 2.05) is 31.2 Å². The zero-order valence-electron chi connectivity index (χ0n) is 17.2. The highest BCUT2D eigenvalue weighted by Gasteiger charge is 2.27. The van der Waals surface area contributed by atoms with Crippen molar-refractivity contribution in [3.8, 4) is 5.75 Å². The van der Waals surface area contributed by atoms with E-state index < -0.39 is 15.9 Å². The Kier molecular flexibility index (Phi) is 7.33. The van der Waals surface area contributed by atoms with Crippen molar-refractivity contribution in [1.82, 2.24) is 4.31 Å². The molecule has 0 aliphatic heterocycles. The normalized spacial score (nSPS) is 11.4. The second-order valence-electron chi connectivity index (χ2n) is 6.93. The van der Waals surface area contributed by atoms with E-state index in [2.05, 4.69) is 5.32 Å². The van der Waals surface area contributed by atoms with Gasteiger partial charge in [-0.3, -0.25) is 4.79 Å². The monoisotopic (exact) mass is 458 g/mol. The number of hydrogen-bond acceptors (Lipinski definition) is 4. The largest absolute Gasteiger partial charge is 0.497 e. The number of nitrogens with one attached hydrogen (secondary N) is 1. The van der Waals surface area contributed by atoms with Crippen LogP contribution in [-0.4, -0.2) is 32.3 Å². The highest BCUT2D eigenvalue weighted by atomic mass is 35.5. The van der Waals surface area contributed by atoms with Gasteiger partial charge in [-0.25, -0.2) is 8.42 Å². The molecule has 0 bridgehead atoms. The van der Waals surface area contributed by atoms with Crippen molar-refractivity contribution in [1.29, 1.82) is 0 Å². The lowest BCUT2D eigenvalue weighted by molar-refractivity contribution is -0.116. The Hall–Kier alpha value is -2.87. The average Bonchev–Trinajstić information content (AvgIpc) is 2.75. The molecule has 0 aliphatic rings. The first-order valence-corrected chi connectivity index (χ1v) is 11.4. The third-order valence-electron chi connectivity index (χ3n) is 4.73. The van der Waals surface area contributed by atoms with Crippen LogP contribution in [0.4, 0.5) is 5.69 Å². The number of carbonyl (C=O) groups is 1. The fraction of sp³-hybridized carbons (Fsp3) is 0.174. The first-order valence-electron chi connectivity index (χ1n) is 9.54. The molecule has 0 unspecified atom stereocenters. The van der Waals surface area contributed by atoms with Crippen LogP contribution in [0.3, 0.4) is 0 Å². The first-order chi connectivity index (χ1) is 14.8.